The van der Waals surface area contributed by atoms with Gasteiger partial charge in [-0.1, -0.05) is 11.6 Å². The third kappa shape index (κ3) is 2.55. The van der Waals surface area contributed by atoms with Crippen LogP contribution in [-0.4, -0.2) is 24.5 Å². The summed E-state index contributed by atoms with van der Waals surface area (Å²) in [6.45, 7) is 3.01. The van der Waals surface area contributed by atoms with Crippen LogP contribution in [0.2, 0.25) is 5.02 Å². The number of fused-ring (bicyclic) bond motifs is 1. The van der Waals surface area contributed by atoms with Gasteiger partial charge in [0.05, 0.1) is 5.02 Å². The molecule has 1 fully saturated rings. The van der Waals surface area contributed by atoms with Crippen molar-refractivity contribution in [3.63, 3.8) is 0 Å². The van der Waals surface area contributed by atoms with Gasteiger partial charge in [-0.25, -0.2) is 9.59 Å². The monoisotopic (exact) mass is 325 g/mol. The summed E-state index contributed by atoms with van der Waals surface area (Å²) in [6, 6.07) is 3.27. The van der Waals surface area contributed by atoms with Gasteiger partial charge in [0.25, 0.3) is 5.79 Å². The van der Waals surface area contributed by atoms with Crippen molar-refractivity contribution < 1.29 is 28.5 Å². The number of rotatable bonds is 2. The highest BCUT2D eigenvalue weighted by molar-refractivity contribution is 6.33. The number of anilines is 1. The molecule has 22 heavy (non-hydrogen) atoms. The van der Waals surface area contributed by atoms with Crippen molar-refractivity contribution >= 4 is 29.2 Å². The summed E-state index contributed by atoms with van der Waals surface area (Å²) < 4.78 is 20.5. The molecule has 0 unspecified atom stereocenters. The minimum absolute atomic E-state index is 0.0687. The fourth-order valence-electron chi connectivity index (χ4n) is 2.01. The summed E-state index contributed by atoms with van der Waals surface area (Å²) in [7, 11) is 0. The number of cyclic esters (lactones) is 2. The Morgan fingerprint density at radius 1 is 1.18 bits per heavy atom. The molecule has 1 aromatic carbocycles. The van der Waals surface area contributed by atoms with Crippen molar-refractivity contribution in [3.8, 4) is 11.5 Å². The molecule has 2 aliphatic rings. The molecule has 2 aliphatic heterocycles. The van der Waals surface area contributed by atoms with Crippen molar-refractivity contribution in [1.29, 1.82) is 0 Å². The van der Waals surface area contributed by atoms with E-state index in [1.165, 1.54) is 20.0 Å². The van der Waals surface area contributed by atoms with Gasteiger partial charge in [0.2, 0.25) is 6.79 Å². The van der Waals surface area contributed by atoms with Gasteiger partial charge < -0.3 is 24.3 Å². The Morgan fingerprint density at radius 2 is 1.86 bits per heavy atom. The van der Waals surface area contributed by atoms with Crippen molar-refractivity contribution in [2.45, 2.75) is 19.6 Å². The van der Waals surface area contributed by atoms with Gasteiger partial charge >= 0.3 is 11.9 Å². The summed E-state index contributed by atoms with van der Waals surface area (Å²) in [5.41, 5.74) is 0.113. The van der Waals surface area contributed by atoms with Gasteiger partial charge in [-0.2, -0.15) is 0 Å². The minimum Gasteiger partial charge on any atom is -0.454 e. The third-order valence-electron chi connectivity index (χ3n) is 2.97. The van der Waals surface area contributed by atoms with Gasteiger partial charge in [0.15, 0.2) is 17.1 Å². The lowest BCUT2D eigenvalue weighted by Crippen LogP contribution is -2.42. The summed E-state index contributed by atoms with van der Waals surface area (Å²) in [4.78, 5) is 23.7. The number of carbonyl (C=O) groups excluding carboxylic acids is 2. The maximum Gasteiger partial charge on any atom is 0.350 e. The Balaban J connectivity index is 1.88. The van der Waals surface area contributed by atoms with E-state index >= 15 is 0 Å². The smallest absolute Gasteiger partial charge is 0.350 e. The predicted molar refractivity (Wildman–Crippen MR) is 75.5 cm³/mol. The average molecular weight is 326 g/mol. The number of esters is 2. The minimum atomic E-state index is -1.28. The SMILES string of the molecule is CC1(C)OC(=O)C(=CNc2c(Cl)ccc3c2OCO3)C(=O)O1. The van der Waals surface area contributed by atoms with Crippen LogP contribution in [0.1, 0.15) is 13.8 Å². The first kappa shape index (κ1) is 14.5. The second-order valence-corrected chi connectivity index (χ2v) is 5.44. The Kier molecular flexibility index (Phi) is 3.37. The standard InChI is InChI=1S/C14H12ClNO6/c1-14(2)21-12(17)7(13(18)22-14)5-16-10-8(15)3-4-9-11(10)20-6-19-9/h3-5,16H,6H2,1-2H3. The zero-order chi connectivity index (χ0) is 15.9. The summed E-state index contributed by atoms with van der Waals surface area (Å²) >= 11 is 6.08. The number of hydrogen-bond acceptors (Lipinski definition) is 7. The topological polar surface area (TPSA) is 83.1 Å². The van der Waals surface area contributed by atoms with Crippen LogP contribution in [0.3, 0.4) is 0 Å². The number of nitrogens with one attached hydrogen (secondary N) is 1. The summed E-state index contributed by atoms with van der Waals surface area (Å²) in [5.74, 6) is -1.93. The number of hydrogen-bond donors (Lipinski definition) is 1. The third-order valence-corrected chi connectivity index (χ3v) is 3.28. The molecular formula is C14H12ClNO6. The van der Waals surface area contributed by atoms with Gasteiger partial charge in [0.1, 0.15) is 5.69 Å². The molecule has 0 aliphatic carbocycles. The zero-order valence-electron chi connectivity index (χ0n) is 11.8. The maximum absolute atomic E-state index is 11.8. The Morgan fingerprint density at radius 3 is 2.55 bits per heavy atom. The quantitative estimate of drug-likeness (QED) is 0.507. The number of ether oxygens (including phenoxy) is 4. The van der Waals surface area contributed by atoms with Gasteiger partial charge in [-0.3, -0.25) is 0 Å². The first-order valence-corrected chi connectivity index (χ1v) is 6.77. The Hall–Kier alpha value is -2.41. The van der Waals surface area contributed by atoms with Gasteiger partial charge in [-0.15, -0.1) is 0 Å². The van der Waals surface area contributed by atoms with E-state index in [0.717, 1.165) is 0 Å². The molecule has 116 valence electrons. The van der Waals surface area contributed by atoms with E-state index in [-0.39, 0.29) is 12.4 Å². The van der Waals surface area contributed by atoms with E-state index in [2.05, 4.69) is 5.32 Å². The molecule has 0 atom stereocenters. The van der Waals surface area contributed by atoms with E-state index in [0.29, 0.717) is 22.2 Å². The van der Waals surface area contributed by atoms with Crippen LogP contribution in [0.5, 0.6) is 11.5 Å². The molecule has 0 saturated carbocycles. The van der Waals surface area contributed by atoms with Gasteiger partial charge in [0, 0.05) is 20.0 Å². The molecule has 8 heteroatoms. The van der Waals surface area contributed by atoms with Crippen LogP contribution in [-0.2, 0) is 19.1 Å². The molecule has 0 bridgehead atoms. The van der Waals surface area contributed by atoms with E-state index in [9.17, 15) is 9.59 Å². The molecule has 2 heterocycles. The van der Waals surface area contributed by atoms with Gasteiger partial charge in [-0.05, 0) is 12.1 Å². The Labute approximate surface area is 130 Å². The number of carbonyl (C=O) groups is 2. The van der Waals surface area contributed by atoms with Crippen LogP contribution in [0, 0.1) is 0 Å². The largest absolute Gasteiger partial charge is 0.454 e. The normalized spacial score (nSPS) is 18.6. The first-order valence-electron chi connectivity index (χ1n) is 6.39. The second-order valence-electron chi connectivity index (χ2n) is 5.04. The predicted octanol–water partition coefficient (Wildman–Crippen LogP) is 2.20. The number of benzene rings is 1. The van der Waals surface area contributed by atoms with Crippen molar-refractivity contribution in [3.05, 3.63) is 28.9 Å². The number of halogens is 1. The highest BCUT2D eigenvalue weighted by Gasteiger charge is 2.39. The summed E-state index contributed by atoms with van der Waals surface area (Å²) in [6.07, 6.45) is 1.17. The lowest BCUT2D eigenvalue weighted by Gasteiger charge is -2.29. The molecule has 1 saturated heterocycles. The first-order chi connectivity index (χ1) is 10.4. The highest BCUT2D eigenvalue weighted by Crippen LogP contribution is 2.43. The molecule has 3 rings (SSSR count). The lowest BCUT2D eigenvalue weighted by molar-refractivity contribution is -0.222. The zero-order valence-corrected chi connectivity index (χ0v) is 12.5. The van der Waals surface area contributed by atoms with Crippen LogP contribution < -0.4 is 14.8 Å². The molecule has 1 N–H and O–H groups in total. The maximum atomic E-state index is 11.8. The van der Waals surface area contributed by atoms with E-state index < -0.39 is 17.7 Å². The Bertz CT molecular complexity index is 675. The van der Waals surface area contributed by atoms with E-state index in [1.54, 1.807) is 12.1 Å². The summed E-state index contributed by atoms with van der Waals surface area (Å²) in [5, 5.41) is 3.12. The van der Waals surface area contributed by atoms with Crippen LogP contribution in [0.15, 0.2) is 23.9 Å². The lowest BCUT2D eigenvalue weighted by atomic mass is 10.2. The molecular weight excluding hydrogens is 314 g/mol. The van der Waals surface area contributed by atoms with Crippen molar-refractivity contribution in [2.75, 3.05) is 12.1 Å². The second kappa shape index (κ2) is 5.10. The molecule has 0 spiro atoms. The van der Waals surface area contributed by atoms with Crippen molar-refractivity contribution in [2.24, 2.45) is 0 Å². The molecule has 0 radical (unpaired) electrons. The fraction of sp³-hybridized carbons (Fsp3) is 0.286. The molecule has 0 aromatic heterocycles. The van der Waals surface area contributed by atoms with Crippen molar-refractivity contribution in [1.82, 2.24) is 0 Å². The van der Waals surface area contributed by atoms with Crippen LogP contribution in [0.25, 0.3) is 0 Å². The molecule has 0 amide bonds. The molecule has 1 aromatic rings. The van der Waals surface area contributed by atoms with Crippen LogP contribution in [0.4, 0.5) is 5.69 Å². The fourth-order valence-corrected chi connectivity index (χ4v) is 2.21. The highest BCUT2D eigenvalue weighted by atomic mass is 35.5. The van der Waals surface area contributed by atoms with E-state index in [1.807, 2.05) is 0 Å². The van der Waals surface area contributed by atoms with E-state index in [4.69, 9.17) is 30.5 Å². The molecule has 7 nitrogen and oxygen atoms in total. The van der Waals surface area contributed by atoms with Crippen LogP contribution >= 0.6 is 11.6 Å². The average Bonchev–Trinajstić information content (AvgIpc) is 2.87.